The van der Waals surface area contributed by atoms with Gasteiger partial charge in [-0.1, -0.05) is 0 Å². The number of carbonyl (C=O) groups is 2. The fourth-order valence-corrected chi connectivity index (χ4v) is 3.56. The Morgan fingerprint density at radius 1 is 1.03 bits per heavy atom. The molecule has 0 saturated carbocycles. The van der Waals surface area contributed by atoms with Gasteiger partial charge in [-0.2, -0.15) is 5.10 Å². The maximum Gasteiger partial charge on any atom is 0.290 e. The van der Waals surface area contributed by atoms with Gasteiger partial charge in [-0.3, -0.25) is 20.4 Å². The van der Waals surface area contributed by atoms with Gasteiger partial charge in [-0.05, 0) is 62.6 Å². The highest BCUT2D eigenvalue weighted by molar-refractivity contribution is 5.99. The van der Waals surface area contributed by atoms with Crippen molar-refractivity contribution in [3.8, 4) is 11.4 Å². The van der Waals surface area contributed by atoms with Crippen molar-refractivity contribution in [2.75, 3.05) is 6.61 Å². The number of halogens is 2. The van der Waals surface area contributed by atoms with Crippen molar-refractivity contribution < 1.29 is 23.1 Å². The normalized spacial score (nSPS) is 12.4. The highest BCUT2D eigenvalue weighted by Gasteiger charge is 2.27. The molecule has 160 valence electrons. The van der Waals surface area contributed by atoms with Gasteiger partial charge >= 0.3 is 0 Å². The minimum Gasteiger partial charge on any atom is -0.494 e. The molecule has 0 saturated heterocycles. The van der Waals surface area contributed by atoms with Crippen LogP contribution in [0.2, 0.25) is 0 Å². The third kappa shape index (κ3) is 4.11. The Bertz CT molecular complexity index is 1140. The first-order valence-corrected chi connectivity index (χ1v) is 9.87. The Morgan fingerprint density at radius 2 is 1.77 bits per heavy atom. The standard InChI is InChI=1S/C22H20F2N4O3/c1-2-31-15-9-6-13(7-10-15)21(29)25-26-22(30)20-16-4-3-5-19(16)28(27-20)14-8-11-17(23)18(24)12-14/h6-12H,2-5H2,1H3,(H,25,29)(H,26,30). The Labute approximate surface area is 177 Å². The van der Waals surface area contributed by atoms with E-state index in [0.717, 1.165) is 29.8 Å². The van der Waals surface area contributed by atoms with Crippen molar-refractivity contribution in [3.63, 3.8) is 0 Å². The van der Waals surface area contributed by atoms with Gasteiger partial charge in [0.25, 0.3) is 11.8 Å². The van der Waals surface area contributed by atoms with Gasteiger partial charge < -0.3 is 4.74 Å². The van der Waals surface area contributed by atoms with E-state index in [2.05, 4.69) is 16.0 Å². The molecule has 0 unspecified atom stereocenters. The summed E-state index contributed by atoms with van der Waals surface area (Å²) in [6, 6.07) is 9.96. The summed E-state index contributed by atoms with van der Waals surface area (Å²) in [5.41, 5.74) is 7.07. The molecule has 1 aliphatic carbocycles. The van der Waals surface area contributed by atoms with E-state index in [0.29, 0.717) is 36.4 Å². The minimum absolute atomic E-state index is 0.143. The molecule has 1 aliphatic rings. The van der Waals surface area contributed by atoms with Gasteiger partial charge in [-0.15, -0.1) is 0 Å². The first-order valence-electron chi connectivity index (χ1n) is 9.87. The lowest BCUT2D eigenvalue weighted by Crippen LogP contribution is -2.42. The van der Waals surface area contributed by atoms with Crippen LogP contribution in [0.3, 0.4) is 0 Å². The number of nitrogens with zero attached hydrogens (tertiary/aromatic N) is 2. The van der Waals surface area contributed by atoms with Crippen molar-refractivity contribution in [3.05, 3.63) is 76.6 Å². The number of hydrogen-bond donors (Lipinski definition) is 2. The number of nitrogens with one attached hydrogen (secondary N) is 2. The Balaban J connectivity index is 1.50. The van der Waals surface area contributed by atoms with E-state index in [1.165, 1.54) is 10.7 Å². The van der Waals surface area contributed by atoms with Crippen molar-refractivity contribution in [1.29, 1.82) is 0 Å². The van der Waals surface area contributed by atoms with Crippen molar-refractivity contribution in [2.24, 2.45) is 0 Å². The number of ether oxygens (including phenoxy) is 1. The number of fused-ring (bicyclic) bond motifs is 1. The predicted octanol–water partition coefficient (Wildman–Crippen LogP) is 3.11. The van der Waals surface area contributed by atoms with Crippen LogP contribution in [0, 0.1) is 11.6 Å². The van der Waals surface area contributed by atoms with Crippen molar-refractivity contribution in [1.82, 2.24) is 20.6 Å². The summed E-state index contributed by atoms with van der Waals surface area (Å²) in [4.78, 5) is 25.0. The molecule has 0 aliphatic heterocycles. The molecular formula is C22H20F2N4O3. The van der Waals surface area contributed by atoms with E-state index in [1.807, 2.05) is 6.92 Å². The zero-order chi connectivity index (χ0) is 22.0. The van der Waals surface area contributed by atoms with Gasteiger partial charge in [0.15, 0.2) is 17.3 Å². The van der Waals surface area contributed by atoms with Crippen LogP contribution in [-0.4, -0.2) is 28.2 Å². The smallest absolute Gasteiger partial charge is 0.290 e. The van der Waals surface area contributed by atoms with E-state index in [-0.39, 0.29) is 5.69 Å². The molecule has 0 fully saturated rings. The second kappa shape index (κ2) is 8.55. The van der Waals surface area contributed by atoms with Gasteiger partial charge in [0.2, 0.25) is 0 Å². The monoisotopic (exact) mass is 426 g/mol. The van der Waals surface area contributed by atoms with Crippen LogP contribution in [0.25, 0.3) is 5.69 Å². The summed E-state index contributed by atoms with van der Waals surface area (Å²) in [7, 11) is 0. The summed E-state index contributed by atoms with van der Waals surface area (Å²) in [6.45, 7) is 2.38. The van der Waals surface area contributed by atoms with E-state index in [4.69, 9.17) is 4.74 Å². The number of aromatic nitrogens is 2. The molecular weight excluding hydrogens is 406 g/mol. The lowest BCUT2D eigenvalue weighted by molar-refractivity contribution is 0.0843. The third-order valence-electron chi connectivity index (χ3n) is 5.01. The predicted molar refractivity (Wildman–Crippen MR) is 108 cm³/mol. The number of rotatable bonds is 5. The van der Waals surface area contributed by atoms with E-state index < -0.39 is 23.4 Å². The molecule has 0 radical (unpaired) electrons. The summed E-state index contributed by atoms with van der Waals surface area (Å²) >= 11 is 0. The number of benzene rings is 2. The summed E-state index contributed by atoms with van der Waals surface area (Å²) < 4.78 is 33.7. The van der Waals surface area contributed by atoms with Crippen molar-refractivity contribution >= 4 is 11.8 Å². The highest BCUT2D eigenvalue weighted by atomic mass is 19.2. The highest BCUT2D eigenvalue weighted by Crippen LogP contribution is 2.28. The largest absolute Gasteiger partial charge is 0.494 e. The molecule has 1 heterocycles. The van der Waals surface area contributed by atoms with Crippen LogP contribution in [0.4, 0.5) is 8.78 Å². The van der Waals surface area contributed by atoms with Crippen LogP contribution in [0.5, 0.6) is 5.75 Å². The number of carbonyl (C=O) groups excluding carboxylic acids is 2. The summed E-state index contributed by atoms with van der Waals surface area (Å²) in [5, 5.41) is 4.30. The first-order chi connectivity index (χ1) is 15.0. The lowest BCUT2D eigenvalue weighted by atomic mass is 10.2. The molecule has 9 heteroatoms. The molecule has 2 amide bonds. The van der Waals surface area contributed by atoms with Gasteiger partial charge in [0.05, 0.1) is 12.3 Å². The molecule has 0 spiro atoms. The maximum absolute atomic E-state index is 13.7. The number of hydrazine groups is 1. The summed E-state index contributed by atoms with van der Waals surface area (Å²) in [5.74, 6) is -2.39. The quantitative estimate of drug-likeness (QED) is 0.614. The van der Waals surface area contributed by atoms with E-state index in [9.17, 15) is 18.4 Å². The molecule has 2 N–H and O–H groups in total. The molecule has 0 atom stereocenters. The van der Waals surface area contributed by atoms with Gasteiger partial charge in [0, 0.05) is 22.9 Å². The van der Waals surface area contributed by atoms with Gasteiger partial charge in [0.1, 0.15) is 5.75 Å². The van der Waals surface area contributed by atoms with E-state index in [1.54, 1.807) is 24.3 Å². The maximum atomic E-state index is 13.7. The fraction of sp³-hybridized carbons (Fsp3) is 0.227. The minimum atomic E-state index is -0.992. The molecule has 31 heavy (non-hydrogen) atoms. The zero-order valence-electron chi connectivity index (χ0n) is 16.7. The topological polar surface area (TPSA) is 85.2 Å². The van der Waals surface area contributed by atoms with Crippen LogP contribution in [-0.2, 0) is 12.8 Å². The summed E-state index contributed by atoms with van der Waals surface area (Å²) in [6.07, 6.45) is 2.11. The Kier molecular flexibility index (Phi) is 5.66. The average molecular weight is 426 g/mol. The third-order valence-corrected chi connectivity index (χ3v) is 5.01. The first kappa shape index (κ1) is 20.5. The Morgan fingerprint density at radius 3 is 2.48 bits per heavy atom. The average Bonchev–Trinajstić information content (AvgIpc) is 3.37. The van der Waals surface area contributed by atoms with Crippen molar-refractivity contribution in [2.45, 2.75) is 26.2 Å². The molecule has 4 rings (SSSR count). The lowest BCUT2D eigenvalue weighted by Gasteiger charge is -2.08. The van der Waals surface area contributed by atoms with Crippen LogP contribution in [0.1, 0.15) is 45.4 Å². The molecule has 7 nitrogen and oxygen atoms in total. The van der Waals surface area contributed by atoms with Crippen LogP contribution >= 0.6 is 0 Å². The molecule has 1 aromatic heterocycles. The SMILES string of the molecule is CCOc1ccc(C(=O)NNC(=O)c2nn(-c3ccc(F)c(F)c3)c3c2CCC3)cc1. The van der Waals surface area contributed by atoms with Crippen LogP contribution < -0.4 is 15.6 Å². The Hall–Kier alpha value is -3.75. The molecule has 2 aromatic carbocycles. The number of hydrogen-bond acceptors (Lipinski definition) is 4. The number of amides is 2. The van der Waals surface area contributed by atoms with Gasteiger partial charge in [-0.25, -0.2) is 13.5 Å². The zero-order valence-corrected chi connectivity index (χ0v) is 16.7. The fourth-order valence-electron chi connectivity index (χ4n) is 3.56. The van der Waals surface area contributed by atoms with E-state index >= 15 is 0 Å². The molecule has 0 bridgehead atoms. The second-order valence-electron chi connectivity index (χ2n) is 7.00. The molecule has 3 aromatic rings. The van der Waals surface area contributed by atoms with Crippen LogP contribution in [0.15, 0.2) is 42.5 Å². The second-order valence-corrected chi connectivity index (χ2v) is 7.00.